The third kappa shape index (κ3) is 3.69. The second kappa shape index (κ2) is 7.94. The molecule has 2 unspecified atom stereocenters. The van der Waals surface area contributed by atoms with Gasteiger partial charge in [0.1, 0.15) is 0 Å². The van der Waals surface area contributed by atoms with E-state index in [2.05, 4.69) is 52.8 Å². The number of benzene rings is 1. The standard InChI is InChI=1S/C25H37N3O/c1-18(2)23-14-21-17-26(16-20-8-11-24(29)28(23)25(20)21)15-19-6-9-22(10-7-19)27-12-4-3-5-13-27/h6-7,9-10,18,20-21,23,25H,3-5,8,11-17H2,1-2H3/t20-,21?,23-,25?/m1/s1. The lowest BCUT2D eigenvalue weighted by Gasteiger charge is -2.47. The van der Waals surface area contributed by atoms with Gasteiger partial charge in [-0.3, -0.25) is 9.69 Å². The molecule has 0 aliphatic carbocycles. The van der Waals surface area contributed by atoms with E-state index < -0.39 is 0 Å². The molecule has 4 saturated heterocycles. The molecular weight excluding hydrogens is 358 g/mol. The average Bonchev–Trinajstić information content (AvgIpc) is 3.13. The first kappa shape index (κ1) is 19.4. The second-order valence-electron chi connectivity index (χ2n) is 10.3. The highest BCUT2D eigenvalue weighted by Crippen LogP contribution is 2.45. The summed E-state index contributed by atoms with van der Waals surface area (Å²) in [7, 11) is 0. The average molecular weight is 396 g/mol. The molecule has 1 aromatic rings. The van der Waals surface area contributed by atoms with E-state index in [1.54, 1.807) is 0 Å². The number of piperidine rings is 3. The van der Waals surface area contributed by atoms with Gasteiger partial charge >= 0.3 is 0 Å². The first-order chi connectivity index (χ1) is 14.1. The summed E-state index contributed by atoms with van der Waals surface area (Å²) in [4.78, 5) is 20.2. The monoisotopic (exact) mass is 395 g/mol. The predicted octanol–water partition coefficient (Wildman–Crippen LogP) is 4.14. The van der Waals surface area contributed by atoms with E-state index in [-0.39, 0.29) is 0 Å². The molecule has 0 aromatic heterocycles. The largest absolute Gasteiger partial charge is 0.372 e. The van der Waals surface area contributed by atoms with Gasteiger partial charge in [0.25, 0.3) is 0 Å². The lowest BCUT2D eigenvalue weighted by Crippen LogP contribution is -2.57. The topological polar surface area (TPSA) is 26.8 Å². The van der Waals surface area contributed by atoms with Crippen molar-refractivity contribution in [3.8, 4) is 0 Å². The Kier molecular flexibility index (Phi) is 5.32. The van der Waals surface area contributed by atoms with Crippen molar-refractivity contribution in [2.75, 3.05) is 31.1 Å². The highest BCUT2D eigenvalue weighted by Gasteiger charge is 2.52. The van der Waals surface area contributed by atoms with E-state index in [1.165, 1.54) is 50.0 Å². The van der Waals surface area contributed by atoms with Gasteiger partial charge in [0, 0.05) is 56.9 Å². The third-order valence-electron chi connectivity index (χ3n) is 8.02. The van der Waals surface area contributed by atoms with E-state index in [1.807, 2.05) is 0 Å². The number of hydrogen-bond donors (Lipinski definition) is 0. The van der Waals surface area contributed by atoms with Crippen molar-refractivity contribution in [1.82, 2.24) is 9.80 Å². The van der Waals surface area contributed by atoms with Gasteiger partial charge in [-0.1, -0.05) is 26.0 Å². The van der Waals surface area contributed by atoms with Crippen LogP contribution in [0, 0.1) is 17.8 Å². The Morgan fingerprint density at radius 2 is 1.72 bits per heavy atom. The Bertz CT molecular complexity index is 724. The van der Waals surface area contributed by atoms with Crippen molar-refractivity contribution in [3.63, 3.8) is 0 Å². The molecule has 0 bridgehead atoms. The Morgan fingerprint density at radius 1 is 1.00 bits per heavy atom. The van der Waals surface area contributed by atoms with E-state index in [0.717, 1.165) is 32.5 Å². The van der Waals surface area contributed by atoms with E-state index in [4.69, 9.17) is 0 Å². The van der Waals surface area contributed by atoms with Crippen LogP contribution < -0.4 is 4.90 Å². The molecule has 4 nitrogen and oxygen atoms in total. The van der Waals surface area contributed by atoms with Crippen molar-refractivity contribution < 1.29 is 4.79 Å². The number of amides is 1. The second-order valence-corrected chi connectivity index (χ2v) is 10.3. The van der Waals surface area contributed by atoms with E-state index in [9.17, 15) is 4.79 Å². The van der Waals surface area contributed by atoms with Crippen molar-refractivity contribution in [3.05, 3.63) is 29.8 Å². The maximum Gasteiger partial charge on any atom is 0.223 e. The summed E-state index contributed by atoms with van der Waals surface area (Å²) in [5, 5.41) is 0. The first-order valence-corrected chi connectivity index (χ1v) is 12.0. The minimum absolute atomic E-state index is 0.425. The van der Waals surface area contributed by atoms with Gasteiger partial charge in [0.05, 0.1) is 0 Å². The van der Waals surface area contributed by atoms with Gasteiger partial charge in [0.15, 0.2) is 0 Å². The fourth-order valence-electron chi connectivity index (χ4n) is 6.65. The van der Waals surface area contributed by atoms with Crippen molar-refractivity contribution in [2.24, 2.45) is 17.8 Å². The third-order valence-corrected chi connectivity index (χ3v) is 8.02. The minimum Gasteiger partial charge on any atom is -0.372 e. The summed E-state index contributed by atoms with van der Waals surface area (Å²) in [6, 6.07) is 10.3. The zero-order valence-corrected chi connectivity index (χ0v) is 18.2. The Hall–Kier alpha value is -1.55. The molecule has 4 aliphatic rings. The molecule has 4 heterocycles. The molecule has 4 fully saturated rings. The maximum absolute atomic E-state index is 12.7. The molecule has 4 heteroatoms. The quantitative estimate of drug-likeness (QED) is 0.766. The van der Waals surface area contributed by atoms with Gasteiger partial charge in [-0.25, -0.2) is 0 Å². The number of nitrogens with zero attached hydrogens (tertiary/aromatic N) is 3. The number of hydrogen-bond acceptors (Lipinski definition) is 3. The van der Waals surface area contributed by atoms with Crippen molar-refractivity contribution >= 4 is 11.6 Å². The summed E-state index contributed by atoms with van der Waals surface area (Å²) >= 11 is 0. The zero-order chi connectivity index (χ0) is 20.0. The fraction of sp³-hybridized carbons (Fsp3) is 0.720. The van der Waals surface area contributed by atoms with Crippen LogP contribution in [-0.4, -0.2) is 54.0 Å². The summed E-state index contributed by atoms with van der Waals surface area (Å²) in [6.07, 6.45) is 7.09. The number of carbonyl (C=O) groups excluding carboxylic acids is 1. The van der Waals surface area contributed by atoms with Crippen LogP contribution in [0.2, 0.25) is 0 Å². The van der Waals surface area contributed by atoms with Crippen LogP contribution in [0.25, 0.3) is 0 Å². The normalized spacial score (nSPS) is 32.7. The number of carbonyl (C=O) groups is 1. The number of rotatable bonds is 4. The van der Waals surface area contributed by atoms with Crippen LogP contribution in [-0.2, 0) is 11.3 Å². The van der Waals surface area contributed by atoms with Gasteiger partial charge < -0.3 is 9.80 Å². The first-order valence-electron chi connectivity index (χ1n) is 12.0. The fourth-order valence-corrected chi connectivity index (χ4v) is 6.65. The number of anilines is 1. The molecule has 0 spiro atoms. The molecule has 0 radical (unpaired) electrons. The Morgan fingerprint density at radius 3 is 2.45 bits per heavy atom. The van der Waals surface area contributed by atoms with Gasteiger partial charge in [-0.05, 0) is 67.6 Å². The highest BCUT2D eigenvalue weighted by atomic mass is 16.2. The predicted molar refractivity (Wildman–Crippen MR) is 118 cm³/mol. The minimum atomic E-state index is 0.425. The SMILES string of the molecule is CC(C)[C@H]1CC2CN(Cc3ccc(N4CCCCC4)cc3)C[C@H]3CCC(=O)N1C23. The molecule has 4 aliphatic heterocycles. The van der Waals surface area contributed by atoms with E-state index in [0.29, 0.717) is 35.7 Å². The van der Waals surface area contributed by atoms with Crippen LogP contribution in [0.1, 0.15) is 57.9 Å². The van der Waals surface area contributed by atoms with Crippen LogP contribution in [0.3, 0.4) is 0 Å². The van der Waals surface area contributed by atoms with E-state index >= 15 is 0 Å². The van der Waals surface area contributed by atoms with Gasteiger partial charge in [-0.15, -0.1) is 0 Å². The molecular formula is C25H37N3O. The van der Waals surface area contributed by atoms with Crippen molar-refractivity contribution in [1.29, 1.82) is 0 Å². The summed E-state index contributed by atoms with van der Waals surface area (Å²) in [5.41, 5.74) is 2.83. The summed E-state index contributed by atoms with van der Waals surface area (Å²) in [5.74, 6) is 2.33. The molecule has 4 atom stereocenters. The molecule has 0 N–H and O–H groups in total. The molecule has 1 amide bonds. The molecule has 0 saturated carbocycles. The maximum atomic E-state index is 12.7. The molecule has 5 rings (SSSR count). The van der Waals surface area contributed by atoms with Crippen LogP contribution in [0.4, 0.5) is 5.69 Å². The Labute approximate surface area is 176 Å². The highest BCUT2D eigenvalue weighted by molar-refractivity contribution is 5.78. The zero-order valence-electron chi connectivity index (χ0n) is 18.2. The van der Waals surface area contributed by atoms with Crippen LogP contribution in [0.15, 0.2) is 24.3 Å². The van der Waals surface area contributed by atoms with Crippen LogP contribution in [0.5, 0.6) is 0 Å². The van der Waals surface area contributed by atoms with Crippen LogP contribution >= 0.6 is 0 Å². The Balaban J connectivity index is 1.26. The van der Waals surface area contributed by atoms with Crippen molar-refractivity contribution in [2.45, 2.75) is 71.0 Å². The summed E-state index contributed by atoms with van der Waals surface area (Å²) in [6.45, 7) is 10.4. The van der Waals surface area contributed by atoms with Gasteiger partial charge in [0.2, 0.25) is 5.91 Å². The summed E-state index contributed by atoms with van der Waals surface area (Å²) < 4.78 is 0. The molecule has 29 heavy (non-hydrogen) atoms. The molecule has 1 aromatic carbocycles. The lowest BCUT2D eigenvalue weighted by atomic mass is 9.79. The lowest BCUT2D eigenvalue weighted by molar-refractivity contribution is -0.142. The smallest absolute Gasteiger partial charge is 0.223 e. The molecule has 158 valence electrons. The number of likely N-dealkylation sites (tertiary alicyclic amines) is 1. The van der Waals surface area contributed by atoms with Gasteiger partial charge in [-0.2, -0.15) is 0 Å².